The Hall–Kier alpha value is -2.29. The van der Waals surface area contributed by atoms with E-state index in [4.69, 9.17) is 9.47 Å². The van der Waals surface area contributed by atoms with Crippen molar-refractivity contribution in [3.05, 3.63) is 48.0 Å². The van der Waals surface area contributed by atoms with Crippen molar-refractivity contribution in [2.24, 2.45) is 5.92 Å². The first-order valence-corrected chi connectivity index (χ1v) is 14.6. The zero-order chi connectivity index (χ0) is 27.9. The Morgan fingerprint density at radius 3 is 2.39 bits per heavy atom. The van der Waals surface area contributed by atoms with Gasteiger partial charge in [-0.05, 0) is 63.1 Å². The lowest BCUT2D eigenvalue weighted by Gasteiger charge is -2.42. The van der Waals surface area contributed by atoms with Gasteiger partial charge in [-0.1, -0.05) is 72.2 Å². The molecule has 1 aliphatic heterocycles. The van der Waals surface area contributed by atoms with Crippen molar-refractivity contribution in [2.75, 3.05) is 11.9 Å². The van der Waals surface area contributed by atoms with Crippen LogP contribution < -0.4 is 10.6 Å². The largest absolute Gasteiger partial charge is 0.460 e. The van der Waals surface area contributed by atoms with Gasteiger partial charge in [0, 0.05) is 12.2 Å². The fraction of sp³-hybridized carbons (Fsp3) is 0.567. The highest BCUT2D eigenvalue weighted by Gasteiger charge is 2.41. The number of rotatable bonds is 11. The predicted molar refractivity (Wildman–Crippen MR) is 153 cm³/mol. The van der Waals surface area contributed by atoms with Gasteiger partial charge in [-0.3, -0.25) is 19.7 Å². The molecule has 2 aromatic carbocycles. The van der Waals surface area contributed by atoms with Gasteiger partial charge in [-0.15, -0.1) is 0 Å². The van der Waals surface area contributed by atoms with Gasteiger partial charge >= 0.3 is 5.97 Å². The third kappa shape index (κ3) is 8.10. The van der Waals surface area contributed by atoms with Gasteiger partial charge in [0.1, 0.15) is 11.3 Å². The fourth-order valence-corrected chi connectivity index (χ4v) is 5.31. The summed E-state index contributed by atoms with van der Waals surface area (Å²) in [5.74, 6) is -0.962. The standard InChI is InChI=1S/C30H41BrN2O5/c1-20(2)17-25(28(36)32-24(26(34)19-31)18-27(35)38-29(3,4)5)33-30(15-8-9-16-37-30)23-14-10-12-21-11-6-7-13-22(21)23/h6-7,10-14,20,24-25,33H,8-9,15-19H2,1-5H3,(H,32,36)/t24-,25-,30?/m0/s1. The number of carbonyl (C=O) groups is 3. The second-order valence-corrected chi connectivity index (χ2v) is 12.0. The van der Waals surface area contributed by atoms with Crippen LogP contribution >= 0.6 is 15.9 Å². The van der Waals surface area contributed by atoms with E-state index in [1.54, 1.807) is 20.8 Å². The number of nitrogens with one attached hydrogen (secondary N) is 2. The van der Waals surface area contributed by atoms with Crippen LogP contribution in [-0.4, -0.2) is 47.3 Å². The zero-order valence-electron chi connectivity index (χ0n) is 23.1. The van der Waals surface area contributed by atoms with Crippen molar-refractivity contribution >= 4 is 44.4 Å². The zero-order valence-corrected chi connectivity index (χ0v) is 24.7. The first-order chi connectivity index (χ1) is 17.9. The monoisotopic (exact) mass is 588 g/mol. The van der Waals surface area contributed by atoms with Gasteiger partial charge in [0.05, 0.1) is 23.8 Å². The molecule has 0 aromatic heterocycles. The molecule has 1 unspecified atom stereocenters. The molecule has 1 aliphatic rings. The van der Waals surface area contributed by atoms with E-state index in [1.807, 2.05) is 18.2 Å². The smallest absolute Gasteiger partial charge is 0.308 e. The number of hydrogen-bond acceptors (Lipinski definition) is 6. The Morgan fingerprint density at radius 1 is 1.05 bits per heavy atom. The molecule has 0 saturated carbocycles. The summed E-state index contributed by atoms with van der Waals surface area (Å²) in [6.45, 7) is 9.99. The Morgan fingerprint density at radius 2 is 1.76 bits per heavy atom. The number of amides is 1. The highest BCUT2D eigenvalue weighted by atomic mass is 79.9. The Labute approximate surface area is 234 Å². The SMILES string of the molecule is CC(C)C[C@H](NC1(c2cccc3ccccc23)CCCCO1)C(=O)N[C@@H](CC(=O)OC(C)(C)C)C(=O)CBr. The molecule has 0 aliphatic carbocycles. The lowest BCUT2D eigenvalue weighted by atomic mass is 9.88. The average molecular weight is 590 g/mol. The van der Waals surface area contributed by atoms with Crippen molar-refractivity contribution in [2.45, 2.75) is 90.1 Å². The Kier molecular flexibility index (Phi) is 10.5. The minimum atomic E-state index is -0.992. The van der Waals surface area contributed by atoms with Crippen LogP contribution in [-0.2, 0) is 29.6 Å². The molecule has 0 bridgehead atoms. The van der Waals surface area contributed by atoms with E-state index in [-0.39, 0.29) is 29.4 Å². The first kappa shape index (κ1) is 30.3. The number of carbonyl (C=O) groups excluding carboxylic acids is 3. The summed E-state index contributed by atoms with van der Waals surface area (Å²) >= 11 is 3.19. The number of ether oxygens (including phenoxy) is 2. The molecule has 1 fully saturated rings. The topological polar surface area (TPSA) is 93.7 Å². The minimum Gasteiger partial charge on any atom is -0.460 e. The molecule has 3 atom stereocenters. The summed E-state index contributed by atoms with van der Waals surface area (Å²) in [6, 6.07) is 12.7. The number of fused-ring (bicyclic) bond motifs is 1. The van der Waals surface area contributed by atoms with Crippen molar-refractivity contribution in [3.63, 3.8) is 0 Å². The second-order valence-electron chi connectivity index (χ2n) is 11.4. The molecular weight excluding hydrogens is 548 g/mol. The number of ketones is 1. The summed E-state index contributed by atoms with van der Waals surface area (Å²) in [5, 5.41) is 8.63. The highest BCUT2D eigenvalue weighted by molar-refractivity contribution is 9.09. The van der Waals surface area contributed by atoms with Crippen molar-refractivity contribution in [1.82, 2.24) is 10.6 Å². The van der Waals surface area contributed by atoms with E-state index in [0.29, 0.717) is 19.4 Å². The maximum atomic E-state index is 13.7. The number of hydrogen-bond donors (Lipinski definition) is 2. The summed E-state index contributed by atoms with van der Waals surface area (Å²) in [7, 11) is 0. The first-order valence-electron chi connectivity index (χ1n) is 13.4. The van der Waals surface area contributed by atoms with Gasteiger partial charge in [0.15, 0.2) is 5.78 Å². The normalized spacial score (nSPS) is 19.7. The van der Waals surface area contributed by atoms with E-state index < -0.39 is 29.4 Å². The van der Waals surface area contributed by atoms with Crippen LogP contribution in [0, 0.1) is 5.92 Å². The van der Waals surface area contributed by atoms with Gasteiger partial charge < -0.3 is 14.8 Å². The van der Waals surface area contributed by atoms with Crippen LogP contribution in [0.15, 0.2) is 42.5 Å². The molecule has 7 nitrogen and oxygen atoms in total. The molecule has 38 heavy (non-hydrogen) atoms. The molecular formula is C30H41BrN2O5. The van der Waals surface area contributed by atoms with E-state index in [2.05, 4.69) is 64.7 Å². The van der Waals surface area contributed by atoms with Gasteiger partial charge in [0.2, 0.25) is 5.91 Å². The Bertz CT molecular complexity index is 1120. The number of Topliss-reactive ketones (excluding diaryl/α,β-unsaturated/α-hetero) is 1. The number of benzene rings is 2. The molecule has 1 amide bonds. The van der Waals surface area contributed by atoms with Crippen molar-refractivity contribution in [3.8, 4) is 0 Å². The van der Waals surface area contributed by atoms with Crippen LogP contribution in [0.3, 0.4) is 0 Å². The summed E-state index contributed by atoms with van der Waals surface area (Å²) in [6.07, 6.45) is 2.92. The van der Waals surface area contributed by atoms with Crippen molar-refractivity contribution < 1.29 is 23.9 Å². The van der Waals surface area contributed by atoms with Crippen LogP contribution in [0.2, 0.25) is 0 Å². The van der Waals surface area contributed by atoms with Crippen LogP contribution in [0.5, 0.6) is 0 Å². The summed E-state index contributed by atoms with van der Waals surface area (Å²) in [5.41, 5.74) is -0.539. The molecule has 1 saturated heterocycles. The molecule has 2 N–H and O–H groups in total. The molecule has 1 heterocycles. The van der Waals surface area contributed by atoms with Crippen LogP contribution in [0.4, 0.5) is 0 Å². The van der Waals surface area contributed by atoms with E-state index >= 15 is 0 Å². The van der Waals surface area contributed by atoms with Crippen LogP contribution in [0.25, 0.3) is 10.8 Å². The fourth-order valence-electron chi connectivity index (χ4n) is 4.92. The van der Waals surface area contributed by atoms with Crippen molar-refractivity contribution in [1.29, 1.82) is 0 Å². The predicted octanol–water partition coefficient (Wildman–Crippen LogP) is 5.38. The van der Waals surface area contributed by atoms with Gasteiger partial charge in [-0.2, -0.15) is 0 Å². The molecule has 0 spiro atoms. The van der Waals surface area contributed by atoms with Crippen LogP contribution in [0.1, 0.15) is 72.3 Å². The molecule has 8 heteroatoms. The van der Waals surface area contributed by atoms with Gasteiger partial charge in [-0.25, -0.2) is 0 Å². The summed E-state index contributed by atoms with van der Waals surface area (Å²) < 4.78 is 11.9. The number of alkyl halides is 1. The summed E-state index contributed by atoms with van der Waals surface area (Å²) in [4.78, 5) is 39.0. The highest BCUT2D eigenvalue weighted by Crippen LogP contribution is 2.37. The molecule has 2 aromatic rings. The van der Waals surface area contributed by atoms with E-state index in [9.17, 15) is 14.4 Å². The quantitative estimate of drug-likeness (QED) is 0.270. The molecule has 0 radical (unpaired) electrons. The average Bonchev–Trinajstić information content (AvgIpc) is 2.86. The van der Waals surface area contributed by atoms with E-state index in [0.717, 1.165) is 29.2 Å². The molecule has 208 valence electrons. The third-order valence-corrected chi connectivity index (χ3v) is 7.11. The number of halogens is 1. The number of esters is 1. The van der Waals surface area contributed by atoms with E-state index in [1.165, 1.54) is 0 Å². The lowest BCUT2D eigenvalue weighted by molar-refractivity contribution is -0.156. The van der Waals surface area contributed by atoms with Gasteiger partial charge in [0.25, 0.3) is 0 Å². The maximum Gasteiger partial charge on any atom is 0.308 e. The maximum absolute atomic E-state index is 13.7. The Balaban J connectivity index is 1.91. The lowest BCUT2D eigenvalue weighted by Crippen LogP contribution is -2.58. The third-order valence-electron chi connectivity index (χ3n) is 6.56. The minimum absolute atomic E-state index is 0.0199. The molecule has 3 rings (SSSR count). The second kappa shape index (κ2) is 13.2.